The minimum atomic E-state index is 0.187. The molecule has 0 amide bonds. The minimum Gasteiger partial charge on any atom is -0.493 e. The van der Waals surface area contributed by atoms with Crippen LogP contribution in [0.4, 0.5) is 0 Å². The lowest BCUT2D eigenvalue weighted by Gasteiger charge is -2.18. The summed E-state index contributed by atoms with van der Waals surface area (Å²) in [4.78, 5) is 21.0. The lowest BCUT2D eigenvalue weighted by atomic mass is 9.97. The molecule has 1 aromatic carbocycles. The average molecular weight is 461 g/mol. The first-order valence-electron chi connectivity index (χ1n) is 10.8. The van der Waals surface area contributed by atoms with Crippen molar-refractivity contribution in [2.75, 3.05) is 12.4 Å². The predicted molar refractivity (Wildman–Crippen MR) is 126 cm³/mol. The van der Waals surface area contributed by atoms with Crippen molar-refractivity contribution in [3.8, 4) is 5.75 Å². The fraction of sp³-hybridized carbons (Fsp3) is 0.478. The second kappa shape index (κ2) is 8.93. The van der Waals surface area contributed by atoms with Crippen molar-refractivity contribution in [1.82, 2.24) is 9.55 Å². The van der Waals surface area contributed by atoms with Gasteiger partial charge in [-0.05, 0) is 68.4 Å². The van der Waals surface area contributed by atoms with Crippen molar-refractivity contribution in [3.05, 3.63) is 50.1 Å². The molecule has 2 aliphatic carbocycles. The molecule has 5 rings (SSSR count). The van der Waals surface area contributed by atoms with Gasteiger partial charge in [-0.25, -0.2) is 4.98 Å². The van der Waals surface area contributed by atoms with Gasteiger partial charge in [-0.15, -0.1) is 11.3 Å². The van der Waals surface area contributed by atoms with Gasteiger partial charge in [0.1, 0.15) is 10.6 Å². The van der Waals surface area contributed by atoms with Crippen LogP contribution in [0.25, 0.3) is 10.2 Å². The second-order valence-corrected chi connectivity index (χ2v) is 10.6. The van der Waals surface area contributed by atoms with Crippen LogP contribution in [0.15, 0.2) is 34.2 Å². The number of aromatic nitrogens is 2. The quantitative estimate of drug-likeness (QED) is 0.247. The van der Waals surface area contributed by atoms with Crippen LogP contribution >= 0.6 is 34.7 Å². The van der Waals surface area contributed by atoms with Gasteiger partial charge in [-0.1, -0.05) is 36.2 Å². The van der Waals surface area contributed by atoms with Gasteiger partial charge in [0.05, 0.1) is 12.0 Å². The molecule has 30 heavy (non-hydrogen) atoms. The standard InChI is InChI=1S/C23H25ClN2O2S2/c24-15-9-11-17(12-10-15)28-13-14-29-23-25-21-20(18-7-3-4-8-19(18)30-21)22(27)26(23)16-5-1-2-6-16/h9-12,16H,1-8,13-14H2. The van der Waals surface area contributed by atoms with Gasteiger partial charge in [-0.3, -0.25) is 9.36 Å². The zero-order chi connectivity index (χ0) is 20.5. The summed E-state index contributed by atoms with van der Waals surface area (Å²) in [6.07, 6.45) is 9.07. The summed E-state index contributed by atoms with van der Waals surface area (Å²) in [6, 6.07) is 7.70. The van der Waals surface area contributed by atoms with Gasteiger partial charge >= 0.3 is 0 Å². The highest BCUT2D eigenvalue weighted by Crippen LogP contribution is 2.37. The number of rotatable bonds is 6. The molecule has 2 aromatic heterocycles. The Balaban J connectivity index is 1.42. The molecule has 1 saturated carbocycles. The summed E-state index contributed by atoms with van der Waals surface area (Å²) in [6.45, 7) is 0.561. The van der Waals surface area contributed by atoms with E-state index in [1.165, 1.54) is 36.1 Å². The Kier molecular flexibility index (Phi) is 6.07. The highest BCUT2D eigenvalue weighted by Gasteiger charge is 2.26. The predicted octanol–water partition coefficient (Wildman–Crippen LogP) is 6.28. The van der Waals surface area contributed by atoms with Gasteiger partial charge in [0.2, 0.25) is 0 Å². The first kappa shape index (κ1) is 20.4. The van der Waals surface area contributed by atoms with E-state index in [-0.39, 0.29) is 11.6 Å². The third-order valence-corrected chi connectivity index (χ3v) is 8.43. The van der Waals surface area contributed by atoms with E-state index >= 15 is 0 Å². The molecule has 7 heteroatoms. The molecule has 0 atom stereocenters. The lowest BCUT2D eigenvalue weighted by Crippen LogP contribution is -2.27. The van der Waals surface area contributed by atoms with Crippen LogP contribution < -0.4 is 10.3 Å². The van der Waals surface area contributed by atoms with Gasteiger partial charge in [0.15, 0.2) is 5.16 Å². The Bertz CT molecular complexity index is 1100. The number of thiophene rings is 1. The minimum absolute atomic E-state index is 0.187. The summed E-state index contributed by atoms with van der Waals surface area (Å²) in [5.74, 6) is 1.56. The van der Waals surface area contributed by atoms with E-state index in [0.717, 1.165) is 52.6 Å². The summed E-state index contributed by atoms with van der Waals surface area (Å²) in [5, 5.41) is 2.47. The number of fused-ring (bicyclic) bond motifs is 3. The zero-order valence-electron chi connectivity index (χ0n) is 16.9. The number of nitrogens with zero attached hydrogens (tertiary/aromatic N) is 2. The monoisotopic (exact) mass is 460 g/mol. The maximum absolute atomic E-state index is 13.6. The van der Waals surface area contributed by atoms with Crippen LogP contribution in [0.1, 0.15) is 55.0 Å². The molecule has 2 aliphatic rings. The Labute approximate surface area is 189 Å². The molecule has 3 aromatic rings. The molecule has 0 radical (unpaired) electrons. The fourth-order valence-corrected chi connectivity index (χ4v) is 6.92. The van der Waals surface area contributed by atoms with Gasteiger partial charge in [0, 0.05) is 21.7 Å². The molecule has 0 unspecified atom stereocenters. The van der Waals surface area contributed by atoms with Crippen molar-refractivity contribution in [1.29, 1.82) is 0 Å². The van der Waals surface area contributed by atoms with E-state index in [2.05, 4.69) is 0 Å². The normalized spacial score (nSPS) is 16.8. The first-order chi connectivity index (χ1) is 14.7. The van der Waals surface area contributed by atoms with Crippen molar-refractivity contribution < 1.29 is 4.74 Å². The molecule has 158 valence electrons. The van der Waals surface area contributed by atoms with Crippen LogP contribution in [0.5, 0.6) is 5.75 Å². The molecule has 0 bridgehead atoms. The molecular formula is C23H25ClN2O2S2. The number of thioether (sulfide) groups is 1. The third kappa shape index (κ3) is 4.02. The molecule has 0 N–H and O–H groups in total. The van der Waals surface area contributed by atoms with E-state index < -0.39 is 0 Å². The number of aryl methyl sites for hydroxylation is 2. The Morgan fingerprint density at radius 1 is 1.13 bits per heavy atom. The Morgan fingerprint density at radius 3 is 2.70 bits per heavy atom. The summed E-state index contributed by atoms with van der Waals surface area (Å²) >= 11 is 9.31. The largest absolute Gasteiger partial charge is 0.493 e. The van der Waals surface area contributed by atoms with E-state index in [0.29, 0.717) is 11.6 Å². The van der Waals surface area contributed by atoms with Crippen molar-refractivity contribution in [3.63, 3.8) is 0 Å². The van der Waals surface area contributed by atoms with Crippen LogP contribution in [0.3, 0.4) is 0 Å². The lowest BCUT2D eigenvalue weighted by molar-refractivity contribution is 0.343. The number of hydrogen-bond donors (Lipinski definition) is 0. The maximum Gasteiger partial charge on any atom is 0.263 e. The van der Waals surface area contributed by atoms with E-state index in [1.807, 2.05) is 28.8 Å². The van der Waals surface area contributed by atoms with E-state index in [4.69, 9.17) is 21.3 Å². The molecule has 2 heterocycles. The third-order valence-electron chi connectivity index (χ3n) is 6.08. The fourth-order valence-electron chi connectivity index (χ4n) is 4.61. The number of ether oxygens (including phenoxy) is 1. The number of hydrogen-bond acceptors (Lipinski definition) is 5. The summed E-state index contributed by atoms with van der Waals surface area (Å²) in [7, 11) is 0. The van der Waals surface area contributed by atoms with E-state index in [1.54, 1.807) is 23.1 Å². The average Bonchev–Trinajstić information content (AvgIpc) is 3.40. The van der Waals surface area contributed by atoms with Crippen molar-refractivity contribution in [2.24, 2.45) is 0 Å². The smallest absolute Gasteiger partial charge is 0.263 e. The molecule has 1 fully saturated rings. The van der Waals surface area contributed by atoms with Crippen molar-refractivity contribution in [2.45, 2.75) is 62.6 Å². The van der Waals surface area contributed by atoms with Crippen LogP contribution in [0, 0.1) is 0 Å². The van der Waals surface area contributed by atoms with Crippen LogP contribution in [-0.2, 0) is 12.8 Å². The van der Waals surface area contributed by atoms with Gasteiger partial charge < -0.3 is 4.74 Å². The maximum atomic E-state index is 13.6. The van der Waals surface area contributed by atoms with E-state index in [9.17, 15) is 4.79 Å². The van der Waals surface area contributed by atoms with Crippen LogP contribution in [0.2, 0.25) is 5.02 Å². The first-order valence-corrected chi connectivity index (χ1v) is 13.0. The van der Waals surface area contributed by atoms with Gasteiger partial charge in [-0.2, -0.15) is 0 Å². The molecule has 0 saturated heterocycles. The topological polar surface area (TPSA) is 44.1 Å². The van der Waals surface area contributed by atoms with Crippen LogP contribution in [-0.4, -0.2) is 21.9 Å². The SMILES string of the molecule is O=c1c2c3c(sc2nc(SCCOc2ccc(Cl)cc2)n1C1CCCC1)CCCC3. The van der Waals surface area contributed by atoms with Gasteiger partial charge in [0.25, 0.3) is 5.56 Å². The second-order valence-electron chi connectivity index (χ2n) is 8.05. The number of halogens is 1. The highest BCUT2D eigenvalue weighted by molar-refractivity contribution is 7.99. The summed E-state index contributed by atoms with van der Waals surface area (Å²) in [5.41, 5.74) is 1.47. The molecular weight excluding hydrogens is 436 g/mol. The summed E-state index contributed by atoms with van der Waals surface area (Å²) < 4.78 is 7.86. The molecule has 4 nitrogen and oxygen atoms in total. The molecule has 0 spiro atoms. The van der Waals surface area contributed by atoms with Crippen molar-refractivity contribution >= 4 is 44.9 Å². The number of benzene rings is 1. The zero-order valence-corrected chi connectivity index (χ0v) is 19.3. The Hall–Kier alpha value is -1.50. The molecule has 0 aliphatic heterocycles. The Morgan fingerprint density at radius 2 is 1.90 bits per heavy atom. The highest BCUT2D eigenvalue weighted by atomic mass is 35.5.